The minimum Gasteiger partial charge on any atom is -0.312 e. The van der Waals surface area contributed by atoms with E-state index in [1.54, 1.807) is 0 Å². The molecule has 1 aliphatic rings. The van der Waals surface area contributed by atoms with Gasteiger partial charge in [-0.2, -0.15) is 0 Å². The quantitative estimate of drug-likeness (QED) is 0.816. The molecular weight excluding hydrogens is 244 g/mol. The minimum absolute atomic E-state index is 0.668. The molecule has 0 aliphatic heterocycles. The third-order valence-electron chi connectivity index (χ3n) is 4.72. The highest BCUT2D eigenvalue weighted by Crippen LogP contribution is 2.32. The van der Waals surface area contributed by atoms with E-state index in [2.05, 4.69) is 54.4 Å². The van der Waals surface area contributed by atoms with Crippen LogP contribution in [0.3, 0.4) is 0 Å². The van der Waals surface area contributed by atoms with Crippen LogP contribution < -0.4 is 5.32 Å². The van der Waals surface area contributed by atoms with Crippen LogP contribution in [0.2, 0.25) is 0 Å². The molecule has 2 rings (SSSR count). The van der Waals surface area contributed by atoms with E-state index in [0.29, 0.717) is 12.0 Å². The normalized spacial score (nSPS) is 23.1. The molecule has 112 valence electrons. The van der Waals surface area contributed by atoms with Gasteiger partial charge in [-0.1, -0.05) is 57.0 Å². The molecule has 1 aliphatic carbocycles. The second-order valence-electron chi connectivity index (χ2n) is 5.89. The summed E-state index contributed by atoms with van der Waals surface area (Å²) in [6, 6.07) is 11.7. The number of benzene rings is 1. The van der Waals surface area contributed by atoms with Gasteiger partial charge in [0.15, 0.2) is 0 Å². The van der Waals surface area contributed by atoms with Gasteiger partial charge < -0.3 is 10.2 Å². The zero-order valence-electron chi connectivity index (χ0n) is 13.1. The van der Waals surface area contributed by atoms with E-state index in [9.17, 15) is 0 Å². The first-order valence-electron chi connectivity index (χ1n) is 8.35. The van der Waals surface area contributed by atoms with Crippen LogP contribution in [-0.4, -0.2) is 37.1 Å². The molecule has 0 spiro atoms. The van der Waals surface area contributed by atoms with Crippen molar-refractivity contribution in [2.24, 2.45) is 0 Å². The summed E-state index contributed by atoms with van der Waals surface area (Å²) in [5.74, 6) is 0.710. The lowest BCUT2D eigenvalue weighted by Crippen LogP contribution is -2.41. The van der Waals surface area contributed by atoms with Crippen molar-refractivity contribution in [1.29, 1.82) is 0 Å². The van der Waals surface area contributed by atoms with Crippen molar-refractivity contribution in [2.75, 3.05) is 26.2 Å². The van der Waals surface area contributed by atoms with Gasteiger partial charge in [-0.05, 0) is 37.4 Å². The Bertz CT molecular complexity index is 359. The highest BCUT2D eigenvalue weighted by Gasteiger charge is 2.25. The molecule has 0 amide bonds. The third-order valence-corrected chi connectivity index (χ3v) is 4.72. The fourth-order valence-electron chi connectivity index (χ4n) is 3.42. The van der Waals surface area contributed by atoms with E-state index >= 15 is 0 Å². The van der Waals surface area contributed by atoms with Gasteiger partial charge in [0.1, 0.15) is 0 Å². The number of hydrogen-bond donors (Lipinski definition) is 1. The van der Waals surface area contributed by atoms with Crippen LogP contribution in [0.5, 0.6) is 0 Å². The van der Waals surface area contributed by atoms with Crippen LogP contribution in [0.25, 0.3) is 0 Å². The Balaban J connectivity index is 1.87. The van der Waals surface area contributed by atoms with Gasteiger partial charge in [0.05, 0.1) is 0 Å². The van der Waals surface area contributed by atoms with Gasteiger partial charge in [-0.3, -0.25) is 0 Å². The van der Waals surface area contributed by atoms with Crippen molar-refractivity contribution < 1.29 is 0 Å². The molecule has 2 heteroatoms. The van der Waals surface area contributed by atoms with Crippen molar-refractivity contribution in [2.45, 2.75) is 51.5 Å². The van der Waals surface area contributed by atoms with Gasteiger partial charge in [0, 0.05) is 19.1 Å². The van der Waals surface area contributed by atoms with Crippen LogP contribution in [-0.2, 0) is 0 Å². The van der Waals surface area contributed by atoms with E-state index in [1.807, 2.05) is 0 Å². The van der Waals surface area contributed by atoms with Gasteiger partial charge in [-0.15, -0.1) is 0 Å². The van der Waals surface area contributed by atoms with E-state index in [1.165, 1.54) is 37.8 Å². The Morgan fingerprint density at radius 2 is 1.75 bits per heavy atom. The average Bonchev–Trinajstić information content (AvgIpc) is 2.53. The predicted molar refractivity (Wildman–Crippen MR) is 87.2 cm³/mol. The zero-order chi connectivity index (χ0) is 14.2. The summed E-state index contributed by atoms with van der Waals surface area (Å²) in [6.07, 6.45) is 5.44. The minimum atomic E-state index is 0.668. The molecule has 0 heterocycles. The Hall–Kier alpha value is -0.860. The number of nitrogens with one attached hydrogen (secondary N) is 1. The molecule has 2 unspecified atom stereocenters. The smallest absolute Gasteiger partial charge is 0.0136 e. The van der Waals surface area contributed by atoms with Gasteiger partial charge in [0.2, 0.25) is 0 Å². The van der Waals surface area contributed by atoms with Crippen LogP contribution >= 0.6 is 0 Å². The molecule has 0 radical (unpaired) electrons. The molecule has 1 aromatic rings. The van der Waals surface area contributed by atoms with Crippen molar-refractivity contribution in [1.82, 2.24) is 10.2 Å². The lowest BCUT2D eigenvalue weighted by atomic mass is 9.80. The standard InChI is InChI=1S/C18H30N2/c1-3-20(4-2)15-14-19-18-13-9-8-12-17(18)16-10-6-5-7-11-16/h5-7,10-11,17-19H,3-4,8-9,12-15H2,1-2H3. The maximum atomic E-state index is 3.83. The maximum Gasteiger partial charge on any atom is 0.0136 e. The van der Waals surface area contributed by atoms with Gasteiger partial charge in [0.25, 0.3) is 0 Å². The van der Waals surface area contributed by atoms with Crippen LogP contribution in [0.1, 0.15) is 51.0 Å². The Morgan fingerprint density at radius 1 is 1.05 bits per heavy atom. The molecule has 0 bridgehead atoms. The first-order chi connectivity index (χ1) is 9.85. The molecule has 2 atom stereocenters. The molecule has 1 N–H and O–H groups in total. The largest absolute Gasteiger partial charge is 0.312 e. The van der Waals surface area contributed by atoms with Crippen molar-refractivity contribution >= 4 is 0 Å². The van der Waals surface area contributed by atoms with Crippen molar-refractivity contribution in [3.8, 4) is 0 Å². The van der Waals surface area contributed by atoms with Crippen LogP contribution in [0.15, 0.2) is 30.3 Å². The third kappa shape index (κ3) is 4.32. The van der Waals surface area contributed by atoms with Crippen LogP contribution in [0, 0.1) is 0 Å². The SMILES string of the molecule is CCN(CC)CCNC1CCCCC1c1ccccc1. The molecule has 1 saturated carbocycles. The highest BCUT2D eigenvalue weighted by atomic mass is 15.1. The summed E-state index contributed by atoms with van der Waals surface area (Å²) in [5.41, 5.74) is 1.52. The summed E-state index contributed by atoms with van der Waals surface area (Å²) >= 11 is 0. The molecule has 0 aromatic heterocycles. The van der Waals surface area contributed by atoms with E-state index in [-0.39, 0.29) is 0 Å². The Labute approximate surface area is 124 Å². The molecular formula is C18H30N2. The van der Waals surface area contributed by atoms with Gasteiger partial charge in [-0.25, -0.2) is 0 Å². The first-order valence-corrected chi connectivity index (χ1v) is 8.35. The Morgan fingerprint density at radius 3 is 2.45 bits per heavy atom. The fourth-order valence-corrected chi connectivity index (χ4v) is 3.42. The van der Waals surface area contributed by atoms with Gasteiger partial charge >= 0.3 is 0 Å². The molecule has 0 saturated heterocycles. The van der Waals surface area contributed by atoms with E-state index < -0.39 is 0 Å². The number of likely N-dealkylation sites (N-methyl/N-ethyl adjacent to an activating group) is 1. The van der Waals surface area contributed by atoms with E-state index in [4.69, 9.17) is 0 Å². The lowest BCUT2D eigenvalue weighted by molar-refractivity contribution is 0.273. The second-order valence-corrected chi connectivity index (χ2v) is 5.89. The molecule has 20 heavy (non-hydrogen) atoms. The topological polar surface area (TPSA) is 15.3 Å². The molecule has 1 aromatic carbocycles. The summed E-state index contributed by atoms with van der Waals surface area (Å²) in [4.78, 5) is 2.49. The lowest BCUT2D eigenvalue weighted by Gasteiger charge is -2.33. The zero-order valence-corrected chi connectivity index (χ0v) is 13.1. The number of hydrogen-bond acceptors (Lipinski definition) is 2. The first kappa shape index (κ1) is 15.5. The van der Waals surface area contributed by atoms with Crippen molar-refractivity contribution in [3.63, 3.8) is 0 Å². The Kier molecular flexibility index (Phi) is 6.55. The highest BCUT2D eigenvalue weighted by molar-refractivity contribution is 5.21. The summed E-state index contributed by atoms with van der Waals surface area (Å²) < 4.78 is 0. The number of rotatable bonds is 7. The van der Waals surface area contributed by atoms with Crippen molar-refractivity contribution in [3.05, 3.63) is 35.9 Å². The molecule has 2 nitrogen and oxygen atoms in total. The maximum absolute atomic E-state index is 3.83. The second kappa shape index (κ2) is 8.43. The number of nitrogens with zero attached hydrogens (tertiary/aromatic N) is 1. The summed E-state index contributed by atoms with van der Waals surface area (Å²) in [5, 5.41) is 3.83. The fraction of sp³-hybridized carbons (Fsp3) is 0.667. The average molecular weight is 274 g/mol. The molecule has 1 fully saturated rings. The van der Waals surface area contributed by atoms with E-state index in [0.717, 1.165) is 19.6 Å². The predicted octanol–water partition coefficient (Wildman–Crippen LogP) is 3.64. The monoisotopic (exact) mass is 274 g/mol. The summed E-state index contributed by atoms with van der Waals surface area (Å²) in [7, 11) is 0. The summed E-state index contributed by atoms with van der Waals surface area (Å²) in [6.45, 7) is 9.10. The van der Waals surface area contributed by atoms with Crippen LogP contribution in [0.4, 0.5) is 0 Å².